The number of carbonyl (C=O) groups is 1. The lowest BCUT2D eigenvalue weighted by Gasteiger charge is -2.14. The Morgan fingerprint density at radius 2 is 1.77 bits per heavy atom. The molecule has 4 heteroatoms. The summed E-state index contributed by atoms with van der Waals surface area (Å²) >= 11 is 0. The van der Waals surface area contributed by atoms with E-state index in [0.29, 0.717) is 11.3 Å². The van der Waals surface area contributed by atoms with Gasteiger partial charge in [-0.1, -0.05) is 49.0 Å². The molecule has 0 amide bonds. The van der Waals surface area contributed by atoms with Gasteiger partial charge in [0.05, 0.1) is 12.7 Å². The zero-order valence-electron chi connectivity index (χ0n) is 12.4. The van der Waals surface area contributed by atoms with Gasteiger partial charge in [-0.05, 0) is 23.3 Å². The quantitative estimate of drug-likeness (QED) is 0.658. The summed E-state index contributed by atoms with van der Waals surface area (Å²) in [5.41, 5.74) is 1.44. The number of rotatable bonds is 6. The molecule has 0 aromatic heterocycles. The number of hydrogen-bond acceptors (Lipinski definition) is 4. The van der Waals surface area contributed by atoms with Crippen LogP contribution in [0.2, 0.25) is 0 Å². The average molecular weight is 298 g/mol. The summed E-state index contributed by atoms with van der Waals surface area (Å²) in [6.07, 6.45) is -1.10. The number of hydrogen-bond donors (Lipinski definition) is 1. The van der Waals surface area contributed by atoms with Crippen molar-refractivity contribution in [1.82, 2.24) is 0 Å². The molecule has 0 aliphatic carbocycles. The molecule has 2 rings (SSSR count). The lowest BCUT2D eigenvalue weighted by Crippen LogP contribution is -2.13. The van der Waals surface area contributed by atoms with Crippen molar-refractivity contribution in [2.75, 3.05) is 7.11 Å². The number of esters is 1. The fraction of sp³-hybridized carbons (Fsp3) is 0.167. The number of carbonyl (C=O) groups excluding carboxylic acids is 1. The second-order valence-electron chi connectivity index (χ2n) is 4.76. The van der Waals surface area contributed by atoms with Crippen LogP contribution in [-0.2, 0) is 16.1 Å². The van der Waals surface area contributed by atoms with E-state index in [4.69, 9.17) is 9.47 Å². The SMILES string of the molecule is C=C(C(=O)OCc1ccccc1)[C@@H](O)c1ccc(OC)cc1. The maximum atomic E-state index is 11.9. The fourth-order valence-electron chi connectivity index (χ4n) is 1.91. The molecule has 1 N–H and O–H groups in total. The van der Waals surface area contributed by atoms with Gasteiger partial charge in [-0.15, -0.1) is 0 Å². The molecule has 0 radical (unpaired) electrons. The van der Waals surface area contributed by atoms with E-state index in [1.165, 1.54) is 0 Å². The van der Waals surface area contributed by atoms with E-state index in [1.54, 1.807) is 31.4 Å². The van der Waals surface area contributed by atoms with Crippen LogP contribution >= 0.6 is 0 Å². The topological polar surface area (TPSA) is 55.8 Å². The van der Waals surface area contributed by atoms with Crippen LogP contribution in [0.25, 0.3) is 0 Å². The number of ether oxygens (including phenoxy) is 2. The summed E-state index contributed by atoms with van der Waals surface area (Å²) in [4.78, 5) is 11.9. The van der Waals surface area contributed by atoms with E-state index in [1.807, 2.05) is 30.3 Å². The van der Waals surface area contributed by atoms with Crippen LogP contribution in [0.4, 0.5) is 0 Å². The van der Waals surface area contributed by atoms with Gasteiger partial charge in [0.25, 0.3) is 0 Å². The molecule has 0 saturated heterocycles. The van der Waals surface area contributed by atoms with Crippen molar-refractivity contribution < 1.29 is 19.4 Å². The Bertz CT molecular complexity index is 632. The summed E-state index contributed by atoms with van der Waals surface area (Å²) in [6.45, 7) is 3.78. The monoisotopic (exact) mass is 298 g/mol. The van der Waals surface area contributed by atoms with E-state index in [-0.39, 0.29) is 12.2 Å². The molecule has 0 fully saturated rings. The normalized spacial score (nSPS) is 11.5. The van der Waals surface area contributed by atoms with E-state index >= 15 is 0 Å². The summed E-state index contributed by atoms with van der Waals surface area (Å²) in [7, 11) is 1.56. The minimum atomic E-state index is -1.10. The minimum Gasteiger partial charge on any atom is -0.497 e. The van der Waals surface area contributed by atoms with Gasteiger partial charge >= 0.3 is 5.97 Å². The van der Waals surface area contributed by atoms with Crippen molar-refractivity contribution in [3.05, 3.63) is 77.9 Å². The molecule has 0 heterocycles. The summed E-state index contributed by atoms with van der Waals surface area (Å²) in [6, 6.07) is 16.1. The number of benzene rings is 2. The van der Waals surface area contributed by atoms with Gasteiger partial charge in [0, 0.05) is 0 Å². The first-order valence-electron chi connectivity index (χ1n) is 6.83. The van der Waals surface area contributed by atoms with Crippen molar-refractivity contribution in [1.29, 1.82) is 0 Å². The second-order valence-corrected chi connectivity index (χ2v) is 4.76. The van der Waals surface area contributed by atoms with Crippen LogP contribution in [0.5, 0.6) is 5.75 Å². The van der Waals surface area contributed by atoms with E-state index in [0.717, 1.165) is 5.56 Å². The average Bonchev–Trinajstić information content (AvgIpc) is 2.59. The maximum absolute atomic E-state index is 11.9. The third-order valence-electron chi connectivity index (χ3n) is 3.24. The standard InChI is InChI=1S/C18H18O4/c1-13(17(19)15-8-10-16(21-2)11-9-15)18(20)22-12-14-6-4-3-5-7-14/h3-11,17,19H,1,12H2,2H3/t17-/m1/s1. The Morgan fingerprint density at radius 1 is 1.14 bits per heavy atom. The Hall–Kier alpha value is -2.59. The lowest BCUT2D eigenvalue weighted by molar-refractivity contribution is -0.141. The van der Waals surface area contributed by atoms with Crippen molar-refractivity contribution in [3.8, 4) is 5.75 Å². The predicted molar refractivity (Wildman–Crippen MR) is 83.3 cm³/mol. The van der Waals surface area contributed by atoms with Crippen LogP contribution in [0.3, 0.4) is 0 Å². The first kappa shape index (κ1) is 15.8. The zero-order valence-corrected chi connectivity index (χ0v) is 12.4. The van der Waals surface area contributed by atoms with Gasteiger partial charge in [0.15, 0.2) is 0 Å². The van der Waals surface area contributed by atoms with E-state index in [9.17, 15) is 9.90 Å². The molecule has 114 valence electrons. The zero-order chi connectivity index (χ0) is 15.9. The maximum Gasteiger partial charge on any atom is 0.336 e. The van der Waals surface area contributed by atoms with Gasteiger partial charge in [0.1, 0.15) is 18.5 Å². The van der Waals surface area contributed by atoms with Crippen LogP contribution in [0.15, 0.2) is 66.7 Å². The third-order valence-corrected chi connectivity index (χ3v) is 3.24. The number of aliphatic hydroxyl groups is 1. The molecule has 2 aromatic carbocycles. The van der Waals surface area contributed by atoms with Crippen molar-refractivity contribution in [2.24, 2.45) is 0 Å². The second kappa shape index (κ2) is 7.43. The summed E-state index contributed by atoms with van der Waals surface area (Å²) in [5, 5.41) is 10.2. The smallest absolute Gasteiger partial charge is 0.336 e. The van der Waals surface area contributed by atoms with Crippen LogP contribution in [0, 0.1) is 0 Å². The molecular formula is C18H18O4. The van der Waals surface area contributed by atoms with Gasteiger partial charge < -0.3 is 14.6 Å². The van der Waals surface area contributed by atoms with Gasteiger partial charge in [-0.3, -0.25) is 0 Å². The fourth-order valence-corrected chi connectivity index (χ4v) is 1.91. The molecule has 22 heavy (non-hydrogen) atoms. The van der Waals surface area contributed by atoms with E-state index in [2.05, 4.69) is 6.58 Å². The van der Waals surface area contributed by atoms with Gasteiger partial charge in [-0.2, -0.15) is 0 Å². The minimum absolute atomic E-state index is 0.00102. The highest BCUT2D eigenvalue weighted by Crippen LogP contribution is 2.23. The first-order chi connectivity index (χ1) is 10.6. The van der Waals surface area contributed by atoms with Crippen LogP contribution in [-0.4, -0.2) is 18.2 Å². The highest BCUT2D eigenvalue weighted by Gasteiger charge is 2.19. The van der Waals surface area contributed by atoms with E-state index < -0.39 is 12.1 Å². The van der Waals surface area contributed by atoms with Crippen molar-refractivity contribution >= 4 is 5.97 Å². The first-order valence-corrected chi connectivity index (χ1v) is 6.83. The molecule has 2 aromatic rings. The molecule has 0 spiro atoms. The number of aliphatic hydroxyl groups excluding tert-OH is 1. The molecular weight excluding hydrogens is 280 g/mol. The molecule has 0 aliphatic heterocycles. The Labute approximate surface area is 129 Å². The van der Waals surface area contributed by atoms with Crippen molar-refractivity contribution in [2.45, 2.75) is 12.7 Å². The lowest BCUT2D eigenvalue weighted by atomic mass is 10.0. The molecule has 4 nitrogen and oxygen atoms in total. The van der Waals surface area contributed by atoms with Gasteiger partial charge in [0.2, 0.25) is 0 Å². The van der Waals surface area contributed by atoms with Crippen LogP contribution < -0.4 is 4.74 Å². The van der Waals surface area contributed by atoms with Crippen molar-refractivity contribution in [3.63, 3.8) is 0 Å². The summed E-state index contributed by atoms with van der Waals surface area (Å²) < 4.78 is 10.2. The third kappa shape index (κ3) is 3.96. The molecule has 0 unspecified atom stereocenters. The Morgan fingerprint density at radius 3 is 2.36 bits per heavy atom. The highest BCUT2D eigenvalue weighted by atomic mass is 16.5. The number of methoxy groups -OCH3 is 1. The molecule has 0 aliphatic rings. The molecule has 0 bridgehead atoms. The molecule has 0 saturated carbocycles. The largest absolute Gasteiger partial charge is 0.497 e. The molecule has 1 atom stereocenters. The van der Waals surface area contributed by atoms with Crippen LogP contribution in [0.1, 0.15) is 17.2 Å². The Kier molecular flexibility index (Phi) is 5.33. The predicted octanol–water partition coefficient (Wildman–Crippen LogP) is 3.03. The Balaban J connectivity index is 1.95. The highest BCUT2D eigenvalue weighted by molar-refractivity contribution is 5.89. The summed E-state index contributed by atoms with van der Waals surface area (Å²) in [5.74, 6) is 0.0559. The van der Waals surface area contributed by atoms with Gasteiger partial charge in [-0.25, -0.2) is 4.79 Å².